The van der Waals surface area contributed by atoms with Crippen molar-refractivity contribution in [3.8, 4) is 23.0 Å². The van der Waals surface area contributed by atoms with Gasteiger partial charge in [0.25, 0.3) is 0 Å². The molecule has 1 aromatic heterocycles. The Hall–Kier alpha value is -3.77. The zero-order chi connectivity index (χ0) is 23.3. The molecule has 0 saturated heterocycles. The van der Waals surface area contributed by atoms with Gasteiger partial charge in [-0.1, -0.05) is 29.2 Å². The van der Waals surface area contributed by atoms with Gasteiger partial charge in [-0.2, -0.15) is 0 Å². The first kappa shape index (κ1) is 22.0. The lowest BCUT2D eigenvalue weighted by molar-refractivity contribution is -0.114. The standard InChI is InChI=1S/C22H18N4O6S2/c27-19(6-2-13-1-4-16-17(9-13)32-12-31-16)24-21-25-26-22(34-21)33-11-20(28)23-14-3-5-15-18(10-14)30-8-7-29-15/h1-6,9-10H,7-8,11-12H2,(H,23,28)(H,24,25,27). The van der Waals surface area contributed by atoms with E-state index in [1.165, 1.54) is 29.2 Å². The van der Waals surface area contributed by atoms with Gasteiger partial charge in [0.2, 0.25) is 23.7 Å². The first-order valence-electron chi connectivity index (χ1n) is 10.2. The molecule has 0 saturated carbocycles. The third kappa shape index (κ3) is 5.41. The third-order valence-electron chi connectivity index (χ3n) is 4.61. The largest absolute Gasteiger partial charge is 0.486 e. The molecule has 0 radical (unpaired) electrons. The van der Waals surface area contributed by atoms with E-state index in [9.17, 15) is 9.59 Å². The average molecular weight is 499 g/mol. The molecule has 0 fully saturated rings. The van der Waals surface area contributed by atoms with Crippen LogP contribution in [0.4, 0.5) is 10.8 Å². The highest BCUT2D eigenvalue weighted by molar-refractivity contribution is 8.01. The number of nitrogens with zero attached hydrogens (tertiary/aromatic N) is 2. The van der Waals surface area contributed by atoms with Crippen LogP contribution in [-0.4, -0.2) is 47.8 Å². The first-order valence-corrected chi connectivity index (χ1v) is 12.0. The predicted octanol–water partition coefficient (Wildman–Crippen LogP) is 3.42. The molecule has 2 N–H and O–H groups in total. The number of carbonyl (C=O) groups excluding carboxylic acids is 2. The van der Waals surface area contributed by atoms with Gasteiger partial charge in [-0.25, -0.2) is 0 Å². The summed E-state index contributed by atoms with van der Waals surface area (Å²) in [6, 6.07) is 10.7. The van der Waals surface area contributed by atoms with Gasteiger partial charge in [-0.05, 0) is 35.9 Å². The van der Waals surface area contributed by atoms with Gasteiger partial charge < -0.3 is 24.3 Å². The summed E-state index contributed by atoms with van der Waals surface area (Å²) < 4.78 is 22.1. The summed E-state index contributed by atoms with van der Waals surface area (Å²) in [7, 11) is 0. The molecule has 3 heterocycles. The molecule has 0 unspecified atom stereocenters. The van der Waals surface area contributed by atoms with Crippen molar-refractivity contribution in [1.29, 1.82) is 0 Å². The molecule has 0 aliphatic carbocycles. The summed E-state index contributed by atoms with van der Waals surface area (Å²) in [6.07, 6.45) is 3.06. The lowest BCUT2D eigenvalue weighted by Gasteiger charge is -2.18. The fourth-order valence-electron chi connectivity index (χ4n) is 3.10. The molecule has 0 atom stereocenters. The molecular weight excluding hydrogens is 480 g/mol. The van der Waals surface area contributed by atoms with Crippen molar-refractivity contribution in [3.63, 3.8) is 0 Å². The van der Waals surface area contributed by atoms with E-state index >= 15 is 0 Å². The summed E-state index contributed by atoms with van der Waals surface area (Å²) in [6.45, 7) is 1.18. The van der Waals surface area contributed by atoms with E-state index in [1.807, 2.05) is 6.07 Å². The molecule has 5 rings (SSSR count). The number of rotatable bonds is 7. The molecule has 2 aliphatic heterocycles. The Kier molecular flexibility index (Phi) is 6.49. The Bertz CT molecular complexity index is 1260. The second-order valence-electron chi connectivity index (χ2n) is 7.00. The second-order valence-corrected chi connectivity index (χ2v) is 9.20. The molecule has 3 aromatic rings. The van der Waals surface area contributed by atoms with Crippen LogP contribution in [-0.2, 0) is 9.59 Å². The topological polar surface area (TPSA) is 121 Å². The van der Waals surface area contributed by atoms with Crippen LogP contribution in [0.15, 0.2) is 46.8 Å². The summed E-state index contributed by atoms with van der Waals surface area (Å²) >= 11 is 2.42. The van der Waals surface area contributed by atoms with Crippen molar-refractivity contribution in [2.45, 2.75) is 4.34 Å². The molecule has 2 aliphatic rings. The number of amides is 2. The zero-order valence-corrected chi connectivity index (χ0v) is 19.2. The van der Waals surface area contributed by atoms with Crippen LogP contribution in [0, 0.1) is 0 Å². The predicted molar refractivity (Wildman–Crippen MR) is 127 cm³/mol. The van der Waals surface area contributed by atoms with E-state index in [0.29, 0.717) is 51.4 Å². The van der Waals surface area contributed by atoms with Crippen molar-refractivity contribution in [1.82, 2.24) is 10.2 Å². The highest BCUT2D eigenvalue weighted by atomic mass is 32.2. The highest BCUT2D eigenvalue weighted by Gasteiger charge is 2.15. The number of hydrogen-bond donors (Lipinski definition) is 2. The van der Waals surface area contributed by atoms with Crippen LogP contribution in [0.5, 0.6) is 23.0 Å². The smallest absolute Gasteiger partial charge is 0.250 e. The maximum atomic E-state index is 12.3. The Labute approximate surface area is 202 Å². The van der Waals surface area contributed by atoms with Gasteiger partial charge in [0.1, 0.15) is 13.2 Å². The number of nitrogens with one attached hydrogen (secondary N) is 2. The molecule has 10 nitrogen and oxygen atoms in total. The monoisotopic (exact) mass is 498 g/mol. The summed E-state index contributed by atoms with van der Waals surface area (Å²) in [5.41, 5.74) is 1.42. The molecule has 2 amide bonds. The van der Waals surface area contributed by atoms with Gasteiger partial charge in [0.15, 0.2) is 27.3 Å². The van der Waals surface area contributed by atoms with Gasteiger partial charge in [0, 0.05) is 17.8 Å². The van der Waals surface area contributed by atoms with E-state index in [2.05, 4.69) is 20.8 Å². The van der Waals surface area contributed by atoms with Crippen LogP contribution in [0.3, 0.4) is 0 Å². The first-order chi connectivity index (χ1) is 16.6. The van der Waals surface area contributed by atoms with Gasteiger partial charge in [0.05, 0.1) is 5.75 Å². The number of benzene rings is 2. The minimum Gasteiger partial charge on any atom is -0.486 e. The minimum absolute atomic E-state index is 0.140. The molecule has 34 heavy (non-hydrogen) atoms. The molecular formula is C22H18N4O6S2. The molecule has 0 bridgehead atoms. The number of thioether (sulfide) groups is 1. The number of ether oxygens (including phenoxy) is 4. The van der Waals surface area contributed by atoms with Crippen LogP contribution in [0.2, 0.25) is 0 Å². The maximum absolute atomic E-state index is 12.3. The van der Waals surface area contributed by atoms with Crippen molar-refractivity contribution < 1.29 is 28.5 Å². The lowest BCUT2D eigenvalue weighted by Crippen LogP contribution is -2.17. The fourth-order valence-corrected chi connectivity index (χ4v) is 4.65. The Morgan fingerprint density at radius 2 is 1.71 bits per heavy atom. The van der Waals surface area contributed by atoms with Crippen LogP contribution in [0.25, 0.3) is 6.08 Å². The van der Waals surface area contributed by atoms with E-state index in [1.54, 1.807) is 36.4 Å². The normalized spacial score (nSPS) is 13.6. The quantitative estimate of drug-likeness (QED) is 0.287. The number of carbonyl (C=O) groups is 2. The Morgan fingerprint density at radius 1 is 0.941 bits per heavy atom. The summed E-state index contributed by atoms with van der Waals surface area (Å²) in [5, 5.41) is 13.8. The molecule has 2 aromatic carbocycles. The van der Waals surface area contributed by atoms with E-state index in [-0.39, 0.29) is 24.4 Å². The fraction of sp³-hybridized carbons (Fsp3) is 0.182. The van der Waals surface area contributed by atoms with Crippen LogP contribution in [0.1, 0.15) is 5.56 Å². The van der Waals surface area contributed by atoms with E-state index in [4.69, 9.17) is 18.9 Å². The van der Waals surface area contributed by atoms with Gasteiger partial charge in [-0.15, -0.1) is 10.2 Å². The van der Waals surface area contributed by atoms with E-state index < -0.39 is 0 Å². The van der Waals surface area contributed by atoms with Crippen molar-refractivity contribution in [2.75, 3.05) is 36.4 Å². The van der Waals surface area contributed by atoms with Crippen molar-refractivity contribution >= 4 is 51.8 Å². The van der Waals surface area contributed by atoms with Crippen LogP contribution >= 0.6 is 23.1 Å². The Balaban J connectivity index is 1.09. The second kappa shape index (κ2) is 10.0. The Morgan fingerprint density at radius 3 is 2.62 bits per heavy atom. The van der Waals surface area contributed by atoms with Gasteiger partial charge in [-0.3, -0.25) is 14.9 Å². The van der Waals surface area contributed by atoms with Crippen molar-refractivity contribution in [3.05, 3.63) is 48.0 Å². The number of hydrogen-bond acceptors (Lipinski definition) is 10. The van der Waals surface area contributed by atoms with Crippen molar-refractivity contribution in [2.24, 2.45) is 0 Å². The average Bonchev–Trinajstić information content (AvgIpc) is 3.50. The third-order valence-corrected chi connectivity index (χ3v) is 6.59. The maximum Gasteiger partial charge on any atom is 0.250 e. The molecule has 12 heteroatoms. The number of anilines is 2. The number of fused-ring (bicyclic) bond motifs is 2. The highest BCUT2D eigenvalue weighted by Crippen LogP contribution is 2.34. The lowest BCUT2D eigenvalue weighted by atomic mass is 10.2. The zero-order valence-electron chi connectivity index (χ0n) is 17.6. The molecule has 174 valence electrons. The summed E-state index contributed by atoms with van der Waals surface area (Å²) in [4.78, 5) is 24.5. The molecule has 0 spiro atoms. The van der Waals surface area contributed by atoms with Crippen LogP contribution < -0.4 is 29.6 Å². The number of aromatic nitrogens is 2. The van der Waals surface area contributed by atoms with E-state index in [0.717, 1.165) is 5.56 Å². The summed E-state index contributed by atoms with van der Waals surface area (Å²) in [5.74, 6) is 2.19. The van der Waals surface area contributed by atoms with Gasteiger partial charge >= 0.3 is 0 Å². The minimum atomic E-state index is -0.346. The SMILES string of the molecule is O=C(C=Cc1ccc2c(c1)OCO2)Nc1nnc(SCC(=O)Nc2ccc3c(c2)OCCO3)s1.